The average Bonchev–Trinajstić information content (AvgIpc) is 2.76. The number of aliphatic carboxylic acids is 1. The fraction of sp³-hybridized carbons (Fsp3) is 0.556. The molecule has 0 bridgehead atoms. The first-order valence-electron chi connectivity index (χ1n) is 5.44. The Morgan fingerprint density at radius 2 is 2.26 bits per heavy atom. The van der Waals surface area contributed by atoms with Gasteiger partial charge in [0.15, 0.2) is 0 Å². The lowest BCUT2D eigenvalue weighted by molar-refractivity contribution is -0.137. The highest BCUT2D eigenvalue weighted by Crippen LogP contribution is 2.06. The molecule has 1 heterocycles. The van der Waals surface area contributed by atoms with Gasteiger partial charge in [0.1, 0.15) is 11.4 Å². The minimum absolute atomic E-state index is 0.0624. The summed E-state index contributed by atoms with van der Waals surface area (Å²) < 4.78 is 38.0. The molecule has 0 aromatic carbocycles. The summed E-state index contributed by atoms with van der Waals surface area (Å²) >= 11 is 0. The van der Waals surface area contributed by atoms with E-state index in [1.54, 1.807) is 6.92 Å². The molecular formula is C9H15N3O5S2. The lowest BCUT2D eigenvalue weighted by atomic mass is 10.6. The van der Waals surface area contributed by atoms with Gasteiger partial charge in [-0.25, -0.2) is 13.1 Å². The molecule has 0 radical (unpaired) electrons. The van der Waals surface area contributed by atoms with Crippen LogP contribution in [0.5, 0.6) is 0 Å². The van der Waals surface area contributed by atoms with Crippen LogP contribution in [-0.2, 0) is 32.2 Å². The van der Waals surface area contributed by atoms with Crippen LogP contribution in [0.15, 0.2) is 17.3 Å². The van der Waals surface area contributed by atoms with Gasteiger partial charge in [0.05, 0.1) is 6.20 Å². The summed E-state index contributed by atoms with van der Waals surface area (Å²) in [6, 6.07) is 0. The molecule has 108 valence electrons. The van der Waals surface area contributed by atoms with E-state index in [2.05, 4.69) is 9.82 Å². The van der Waals surface area contributed by atoms with E-state index in [-0.39, 0.29) is 17.2 Å². The summed E-state index contributed by atoms with van der Waals surface area (Å²) in [5.41, 5.74) is 0. The largest absolute Gasteiger partial charge is 0.480 e. The maximum Gasteiger partial charge on any atom is 0.325 e. The molecule has 0 fully saturated rings. The summed E-state index contributed by atoms with van der Waals surface area (Å²) in [5, 5.41) is 12.2. The van der Waals surface area contributed by atoms with Crippen LogP contribution in [0.1, 0.15) is 6.92 Å². The van der Waals surface area contributed by atoms with Crippen LogP contribution in [0, 0.1) is 0 Å². The smallest absolute Gasteiger partial charge is 0.325 e. The topological polar surface area (TPSA) is 118 Å². The van der Waals surface area contributed by atoms with Crippen LogP contribution in [0.2, 0.25) is 0 Å². The Morgan fingerprint density at radius 3 is 2.84 bits per heavy atom. The van der Waals surface area contributed by atoms with E-state index < -0.39 is 33.3 Å². The van der Waals surface area contributed by atoms with E-state index in [0.29, 0.717) is 5.75 Å². The Balaban J connectivity index is 2.64. The molecule has 10 heteroatoms. The molecule has 0 saturated heterocycles. The molecule has 2 N–H and O–H groups in total. The van der Waals surface area contributed by atoms with E-state index in [0.717, 1.165) is 17.1 Å². The minimum atomic E-state index is -3.74. The van der Waals surface area contributed by atoms with Gasteiger partial charge in [-0.1, -0.05) is 6.92 Å². The van der Waals surface area contributed by atoms with Crippen LogP contribution in [-0.4, -0.2) is 51.5 Å². The van der Waals surface area contributed by atoms with Crippen LogP contribution in [0.3, 0.4) is 0 Å². The number of carboxylic acid groups (broad SMARTS) is 1. The summed E-state index contributed by atoms with van der Waals surface area (Å²) in [6.07, 6.45) is 2.20. The number of carbonyl (C=O) groups is 1. The molecule has 1 unspecified atom stereocenters. The zero-order valence-electron chi connectivity index (χ0n) is 10.3. The number of hydrogen-bond acceptors (Lipinski definition) is 5. The first-order chi connectivity index (χ1) is 8.85. The van der Waals surface area contributed by atoms with Crippen molar-refractivity contribution in [3.05, 3.63) is 12.4 Å². The Kier molecular flexibility index (Phi) is 5.63. The van der Waals surface area contributed by atoms with E-state index in [4.69, 9.17) is 5.11 Å². The van der Waals surface area contributed by atoms with Gasteiger partial charge in [0.2, 0.25) is 10.0 Å². The third kappa shape index (κ3) is 5.09. The van der Waals surface area contributed by atoms with Gasteiger partial charge in [-0.15, -0.1) is 0 Å². The Hall–Kier alpha value is -1.26. The molecule has 0 aliphatic carbocycles. The SMILES string of the molecule is CCS(=O)CCNS(=O)(=O)c1cnn(CC(=O)O)c1. The summed E-state index contributed by atoms with van der Waals surface area (Å²) in [6.45, 7) is 1.41. The Morgan fingerprint density at radius 1 is 1.58 bits per heavy atom. The van der Waals surface area contributed by atoms with Crippen molar-refractivity contribution in [1.29, 1.82) is 0 Å². The molecule has 8 nitrogen and oxygen atoms in total. The number of hydrogen-bond donors (Lipinski definition) is 2. The molecule has 1 aromatic heterocycles. The predicted molar refractivity (Wildman–Crippen MR) is 68.6 cm³/mol. The number of nitrogens with one attached hydrogen (secondary N) is 1. The van der Waals surface area contributed by atoms with Crippen molar-refractivity contribution in [2.75, 3.05) is 18.1 Å². The van der Waals surface area contributed by atoms with Gasteiger partial charge in [-0.05, 0) is 0 Å². The van der Waals surface area contributed by atoms with Gasteiger partial charge in [-0.2, -0.15) is 5.10 Å². The summed E-state index contributed by atoms with van der Waals surface area (Å²) in [4.78, 5) is 10.3. The van der Waals surface area contributed by atoms with Crippen molar-refractivity contribution >= 4 is 26.8 Å². The molecule has 1 rings (SSSR count). The molecular weight excluding hydrogens is 294 g/mol. The van der Waals surface area contributed by atoms with Crippen LogP contribution >= 0.6 is 0 Å². The molecule has 0 saturated carbocycles. The number of sulfonamides is 1. The van der Waals surface area contributed by atoms with Crippen LogP contribution < -0.4 is 4.72 Å². The van der Waals surface area contributed by atoms with Crippen molar-refractivity contribution in [3.63, 3.8) is 0 Å². The van der Waals surface area contributed by atoms with Crippen molar-refractivity contribution in [1.82, 2.24) is 14.5 Å². The van der Waals surface area contributed by atoms with Gasteiger partial charge in [0.25, 0.3) is 0 Å². The summed E-state index contributed by atoms with van der Waals surface area (Å²) in [7, 11) is -4.79. The second kappa shape index (κ2) is 6.78. The quantitative estimate of drug-likeness (QED) is 0.637. The third-order valence-corrected chi connectivity index (χ3v) is 4.88. The van der Waals surface area contributed by atoms with E-state index in [1.165, 1.54) is 0 Å². The molecule has 1 atom stereocenters. The maximum absolute atomic E-state index is 11.8. The monoisotopic (exact) mass is 309 g/mol. The molecule has 19 heavy (non-hydrogen) atoms. The van der Waals surface area contributed by atoms with Crippen molar-refractivity contribution in [2.24, 2.45) is 0 Å². The Bertz CT molecular complexity index is 566. The normalized spacial score (nSPS) is 13.3. The van der Waals surface area contributed by atoms with Crippen LogP contribution in [0.25, 0.3) is 0 Å². The minimum Gasteiger partial charge on any atom is -0.480 e. The predicted octanol–water partition coefficient (Wildman–Crippen LogP) is -0.985. The standard InChI is InChI=1S/C9H15N3O5S2/c1-2-18(15)4-3-11-19(16,17)8-5-10-12(6-8)7-9(13)14/h5-6,11H,2-4,7H2,1H3,(H,13,14). The van der Waals surface area contributed by atoms with E-state index >= 15 is 0 Å². The second-order valence-corrected chi connectivity index (χ2v) is 7.23. The van der Waals surface area contributed by atoms with Gasteiger partial charge >= 0.3 is 5.97 Å². The fourth-order valence-corrected chi connectivity index (χ4v) is 2.96. The first-order valence-corrected chi connectivity index (χ1v) is 8.41. The van der Waals surface area contributed by atoms with Crippen molar-refractivity contribution < 1.29 is 22.5 Å². The van der Waals surface area contributed by atoms with Gasteiger partial charge in [-0.3, -0.25) is 13.7 Å². The molecule has 0 aliphatic heterocycles. The lowest BCUT2D eigenvalue weighted by Crippen LogP contribution is -2.28. The zero-order valence-corrected chi connectivity index (χ0v) is 11.9. The average molecular weight is 309 g/mol. The Labute approximate surface area is 113 Å². The molecule has 0 aliphatic rings. The fourth-order valence-electron chi connectivity index (χ4n) is 1.23. The van der Waals surface area contributed by atoms with Crippen molar-refractivity contribution in [2.45, 2.75) is 18.4 Å². The molecule has 0 spiro atoms. The van der Waals surface area contributed by atoms with E-state index in [1.807, 2.05) is 0 Å². The molecule has 1 aromatic rings. The van der Waals surface area contributed by atoms with Gasteiger partial charge in [0, 0.05) is 35.0 Å². The second-order valence-electron chi connectivity index (χ2n) is 3.60. The lowest BCUT2D eigenvalue weighted by Gasteiger charge is -2.03. The summed E-state index contributed by atoms with van der Waals surface area (Å²) in [5.74, 6) is -0.407. The number of nitrogens with zero attached hydrogens (tertiary/aromatic N) is 2. The molecule has 0 amide bonds. The van der Waals surface area contributed by atoms with Gasteiger partial charge < -0.3 is 5.11 Å². The highest BCUT2D eigenvalue weighted by molar-refractivity contribution is 7.89. The number of rotatable bonds is 8. The highest BCUT2D eigenvalue weighted by atomic mass is 32.2. The van der Waals surface area contributed by atoms with Crippen LogP contribution in [0.4, 0.5) is 0 Å². The highest BCUT2D eigenvalue weighted by Gasteiger charge is 2.16. The first kappa shape index (κ1) is 15.8. The van der Waals surface area contributed by atoms with Crippen molar-refractivity contribution in [3.8, 4) is 0 Å². The zero-order chi connectivity index (χ0) is 14.5. The number of aromatic nitrogens is 2. The van der Waals surface area contributed by atoms with E-state index in [9.17, 15) is 17.4 Å². The number of carboxylic acids is 1. The third-order valence-electron chi connectivity index (χ3n) is 2.16. The maximum atomic E-state index is 11.8.